The van der Waals surface area contributed by atoms with Gasteiger partial charge in [0.05, 0.1) is 6.04 Å². The van der Waals surface area contributed by atoms with Gasteiger partial charge in [0.2, 0.25) is 17.6 Å². The largest absolute Gasteiger partial charge is 0.387 e. The standard InChI is InChI=1S/C16H20N4O3/c1-12(19-7-9-20(10-8-19)14(22)11-21)16-17-15(18-23-16)13-5-3-2-4-6-13/h2-6,12,21H,7-11H2,1H3. The van der Waals surface area contributed by atoms with Gasteiger partial charge in [-0.3, -0.25) is 9.69 Å². The van der Waals surface area contributed by atoms with Crippen LogP contribution in [0.1, 0.15) is 18.9 Å². The quantitative estimate of drug-likeness (QED) is 0.904. The van der Waals surface area contributed by atoms with E-state index in [4.69, 9.17) is 9.63 Å². The lowest BCUT2D eigenvalue weighted by molar-refractivity contribution is -0.136. The van der Waals surface area contributed by atoms with Gasteiger partial charge in [0.15, 0.2) is 0 Å². The Morgan fingerprint density at radius 3 is 2.61 bits per heavy atom. The third-order valence-corrected chi connectivity index (χ3v) is 4.18. The molecule has 0 bridgehead atoms. The van der Waals surface area contributed by atoms with Crippen molar-refractivity contribution in [3.8, 4) is 11.4 Å². The van der Waals surface area contributed by atoms with Crippen LogP contribution in [0.25, 0.3) is 11.4 Å². The second-order valence-corrected chi connectivity index (χ2v) is 5.57. The van der Waals surface area contributed by atoms with Crippen LogP contribution in [0.4, 0.5) is 0 Å². The van der Waals surface area contributed by atoms with Crippen LogP contribution in [0.2, 0.25) is 0 Å². The molecule has 1 amide bonds. The van der Waals surface area contributed by atoms with Crippen molar-refractivity contribution in [1.82, 2.24) is 19.9 Å². The van der Waals surface area contributed by atoms with Crippen molar-refractivity contribution in [1.29, 1.82) is 0 Å². The Balaban J connectivity index is 1.64. The van der Waals surface area contributed by atoms with Crippen LogP contribution in [-0.4, -0.2) is 63.7 Å². The lowest BCUT2D eigenvalue weighted by atomic mass is 10.2. The highest BCUT2D eigenvalue weighted by atomic mass is 16.5. The first-order chi connectivity index (χ1) is 11.2. The molecule has 1 fully saturated rings. The van der Waals surface area contributed by atoms with Gasteiger partial charge in [-0.1, -0.05) is 35.5 Å². The minimum atomic E-state index is -0.431. The van der Waals surface area contributed by atoms with Gasteiger partial charge >= 0.3 is 0 Å². The number of hydrogen-bond acceptors (Lipinski definition) is 6. The Bertz CT molecular complexity index is 650. The molecule has 7 heteroatoms. The number of aliphatic hydroxyl groups excluding tert-OH is 1. The SMILES string of the molecule is CC(c1nc(-c2ccccc2)no1)N1CCN(C(=O)CO)CC1. The predicted octanol–water partition coefficient (Wildman–Crippen LogP) is 0.934. The van der Waals surface area contributed by atoms with Crippen molar-refractivity contribution in [2.75, 3.05) is 32.8 Å². The second-order valence-electron chi connectivity index (χ2n) is 5.57. The summed E-state index contributed by atoms with van der Waals surface area (Å²) in [4.78, 5) is 19.8. The first-order valence-electron chi connectivity index (χ1n) is 7.70. The summed E-state index contributed by atoms with van der Waals surface area (Å²) in [7, 11) is 0. The van der Waals surface area contributed by atoms with Crippen molar-refractivity contribution < 1.29 is 14.4 Å². The van der Waals surface area contributed by atoms with Gasteiger partial charge in [-0.05, 0) is 6.92 Å². The molecule has 0 aliphatic carbocycles. The molecule has 0 radical (unpaired) electrons. The van der Waals surface area contributed by atoms with E-state index in [9.17, 15) is 4.79 Å². The smallest absolute Gasteiger partial charge is 0.248 e. The topological polar surface area (TPSA) is 82.7 Å². The third-order valence-electron chi connectivity index (χ3n) is 4.18. The summed E-state index contributed by atoms with van der Waals surface area (Å²) in [6, 6.07) is 9.70. The molecule has 2 heterocycles. The molecule has 2 aromatic rings. The maximum absolute atomic E-state index is 11.5. The highest BCUT2D eigenvalue weighted by Crippen LogP contribution is 2.23. The molecule has 1 N–H and O–H groups in total. The molecule has 1 aromatic carbocycles. The molecule has 7 nitrogen and oxygen atoms in total. The van der Waals surface area contributed by atoms with Gasteiger partial charge in [0.1, 0.15) is 6.61 Å². The molecule has 1 atom stereocenters. The molecule has 3 rings (SSSR count). The van der Waals surface area contributed by atoms with Crippen LogP contribution in [0.3, 0.4) is 0 Å². The zero-order valence-electron chi connectivity index (χ0n) is 13.1. The molecule has 1 saturated heterocycles. The van der Waals surface area contributed by atoms with Crippen molar-refractivity contribution in [3.05, 3.63) is 36.2 Å². The Morgan fingerprint density at radius 2 is 1.96 bits per heavy atom. The van der Waals surface area contributed by atoms with E-state index in [-0.39, 0.29) is 11.9 Å². The number of carbonyl (C=O) groups is 1. The van der Waals surface area contributed by atoms with Crippen LogP contribution in [0, 0.1) is 0 Å². The number of amides is 1. The Hall–Kier alpha value is -2.25. The van der Waals surface area contributed by atoms with E-state index in [1.165, 1.54) is 0 Å². The van der Waals surface area contributed by atoms with E-state index in [1.807, 2.05) is 37.3 Å². The summed E-state index contributed by atoms with van der Waals surface area (Å²) in [5, 5.41) is 13.0. The molecule has 1 unspecified atom stereocenters. The van der Waals surface area contributed by atoms with Crippen LogP contribution >= 0.6 is 0 Å². The lowest BCUT2D eigenvalue weighted by Crippen LogP contribution is -2.50. The summed E-state index contributed by atoms with van der Waals surface area (Å²) < 4.78 is 5.41. The van der Waals surface area contributed by atoms with Crippen molar-refractivity contribution in [2.45, 2.75) is 13.0 Å². The summed E-state index contributed by atoms with van der Waals surface area (Å²) in [6.45, 7) is 4.23. The Labute approximate surface area is 134 Å². The van der Waals surface area contributed by atoms with E-state index in [1.54, 1.807) is 4.90 Å². The molecule has 122 valence electrons. The summed E-state index contributed by atoms with van der Waals surface area (Å²) in [5.41, 5.74) is 0.924. The zero-order valence-corrected chi connectivity index (χ0v) is 13.1. The number of nitrogens with zero attached hydrogens (tertiary/aromatic N) is 4. The molecule has 0 spiro atoms. The molecule has 1 aromatic heterocycles. The average molecular weight is 316 g/mol. The fourth-order valence-electron chi connectivity index (χ4n) is 2.72. The first kappa shape index (κ1) is 15.6. The van der Waals surface area contributed by atoms with Crippen molar-refractivity contribution in [2.24, 2.45) is 0 Å². The summed E-state index contributed by atoms with van der Waals surface area (Å²) in [5.74, 6) is 0.939. The highest BCUT2D eigenvalue weighted by molar-refractivity contribution is 5.77. The van der Waals surface area contributed by atoms with E-state index in [2.05, 4.69) is 15.0 Å². The number of aliphatic hydroxyl groups is 1. The molecule has 1 aliphatic heterocycles. The maximum Gasteiger partial charge on any atom is 0.248 e. The summed E-state index contributed by atoms with van der Waals surface area (Å²) >= 11 is 0. The van der Waals surface area contributed by atoms with Gasteiger partial charge in [-0.2, -0.15) is 4.98 Å². The van der Waals surface area contributed by atoms with E-state index in [0.29, 0.717) is 24.8 Å². The number of rotatable bonds is 4. The lowest BCUT2D eigenvalue weighted by Gasteiger charge is -2.36. The average Bonchev–Trinajstić information content (AvgIpc) is 3.11. The number of benzene rings is 1. The third kappa shape index (κ3) is 3.40. The normalized spacial score (nSPS) is 17.2. The second kappa shape index (κ2) is 6.89. The first-order valence-corrected chi connectivity index (χ1v) is 7.70. The monoisotopic (exact) mass is 316 g/mol. The maximum atomic E-state index is 11.5. The van der Waals surface area contributed by atoms with Gasteiger partial charge < -0.3 is 14.5 Å². The van der Waals surface area contributed by atoms with E-state index < -0.39 is 6.61 Å². The minimum Gasteiger partial charge on any atom is -0.387 e. The van der Waals surface area contributed by atoms with Crippen LogP contribution in [0.15, 0.2) is 34.9 Å². The number of aromatic nitrogens is 2. The number of piperazine rings is 1. The van der Waals surface area contributed by atoms with Gasteiger partial charge in [0, 0.05) is 31.7 Å². The minimum absolute atomic E-state index is 0.00802. The molecular weight excluding hydrogens is 296 g/mol. The predicted molar refractivity (Wildman–Crippen MR) is 83.4 cm³/mol. The zero-order chi connectivity index (χ0) is 16.2. The van der Waals surface area contributed by atoms with Crippen LogP contribution < -0.4 is 0 Å². The van der Waals surface area contributed by atoms with Gasteiger partial charge in [-0.15, -0.1) is 0 Å². The fraction of sp³-hybridized carbons (Fsp3) is 0.438. The fourth-order valence-corrected chi connectivity index (χ4v) is 2.72. The molecular formula is C16H20N4O3. The molecule has 23 heavy (non-hydrogen) atoms. The van der Waals surface area contributed by atoms with E-state index in [0.717, 1.165) is 18.7 Å². The van der Waals surface area contributed by atoms with E-state index >= 15 is 0 Å². The highest BCUT2D eigenvalue weighted by Gasteiger charge is 2.27. The van der Waals surface area contributed by atoms with Crippen molar-refractivity contribution in [3.63, 3.8) is 0 Å². The Kier molecular flexibility index (Phi) is 4.68. The van der Waals surface area contributed by atoms with Crippen LogP contribution in [0.5, 0.6) is 0 Å². The number of hydrogen-bond donors (Lipinski definition) is 1. The van der Waals surface area contributed by atoms with Crippen LogP contribution in [-0.2, 0) is 4.79 Å². The van der Waals surface area contributed by atoms with Gasteiger partial charge in [0.25, 0.3) is 0 Å². The number of carbonyl (C=O) groups excluding carboxylic acids is 1. The van der Waals surface area contributed by atoms with Crippen molar-refractivity contribution >= 4 is 5.91 Å². The van der Waals surface area contributed by atoms with Gasteiger partial charge in [-0.25, -0.2) is 0 Å². The molecule has 1 aliphatic rings. The Morgan fingerprint density at radius 1 is 1.26 bits per heavy atom. The molecule has 0 saturated carbocycles. The summed E-state index contributed by atoms with van der Waals surface area (Å²) in [6.07, 6.45) is 0.